The van der Waals surface area contributed by atoms with E-state index in [2.05, 4.69) is 29.3 Å². The summed E-state index contributed by atoms with van der Waals surface area (Å²) >= 11 is 0. The number of fused-ring (bicyclic) bond motifs is 7. The number of benzene rings is 1. The maximum absolute atomic E-state index is 6.18. The third-order valence-electron chi connectivity index (χ3n) is 7.23. The van der Waals surface area contributed by atoms with E-state index in [1.165, 1.54) is 25.7 Å². The van der Waals surface area contributed by atoms with E-state index < -0.39 is 0 Å². The Labute approximate surface area is 113 Å². The SMILES string of the molecule is c1ccc2c(c1)CCN1OCC3(C21)C1(CC1)C31CC1. The van der Waals surface area contributed by atoms with Crippen molar-refractivity contribution in [2.45, 2.75) is 38.1 Å². The molecule has 19 heavy (non-hydrogen) atoms. The van der Waals surface area contributed by atoms with Gasteiger partial charge < -0.3 is 0 Å². The summed E-state index contributed by atoms with van der Waals surface area (Å²) in [5, 5.41) is 2.34. The van der Waals surface area contributed by atoms with E-state index in [1.807, 2.05) is 0 Å². The van der Waals surface area contributed by atoms with Gasteiger partial charge in [-0.15, -0.1) is 0 Å². The van der Waals surface area contributed by atoms with Crippen molar-refractivity contribution in [3.05, 3.63) is 35.4 Å². The van der Waals surface area contributed by atoms with Gasteiger partial charge in [0, 0.05) is 12.0 Å². The summed E-state index contributed by atoms with van der Waals surface area (Å²) in [4.78, 5) is 6.18. The standard InChI is InChI=1S/C17H19NO/c1-2-4-13-12(3-1)5-10-18-14(13)17(11-19-18)15(6-7-15)16(17)8-9-16/h1-4,14H,5-11H2. The Kier molecular flexibility index (Phi) is 1.38. The second kappa shape index (κ2) is 2.64. The normalized spacial score (nSPS) is 37.4. The lowest BCUT2D eigenvalue weighted by molar-refractivity contribution is -0.136. The second-order valence-electron chi connectivity index (χ2n) is 7.40. The maximum atomic E-state index is 6.18. The van der Waals surface area contributed by atoms with Gasteiger partial charge >= 0.3 is 0 Å². The molecule has 0 aromatic heterocycles. The minimum atomic E-state index is 0.497. The van der Waals surface area contributed by atoms with Gasteiger partial charge in [-0.1, -0.05) is 24.3 Å². The fraction of sp³-hybridized carbons (Fsp3) is 0.647. The smallest absolute Gasteiger partial charge is 0.0772 e. The average molecular weight is 253 g/mol. The molecule has 3 saturated carbocycles. The van der Waals surface area contributed by atoms with Gasteiger partial charge in [-0.2, -0.15) is 5.06 Å². The van der Waals surface area contributed by atoms with E-state index in [0.29, 0.717) is 22.3 Å². The lowest BCUT2D eigenvalue weighted by Gasteiger charge is -2.33. The van der Waals surface area contributed by atoms with E-state index in [0.717, 1.165) is 19.6 Å². The Morgan fingerprint density at radius 2 is 1.79 bits per heavy atom. The van der Waals surface area contributed by atoms with Gasteiger partial charge in [-0.25, -0.2) is 0 Å². The maximum Gasteiger partial charge on any atom is 0.0772 e. The molecule has 1 atom stereocenters. The molecule has 6 rings (SSSR count). The summed E-state index contributed by atoms with van der Waals surface area (Å²) in [6.07, 6.45) is 7.06. The van der Waals surface area contributed by atoms with Gasteiger partial charge in [0.1, 0.15) is 0 Å². The Morgan fingerprint density at radius 3 is 2.53 bits per heavy atom. The molecule has 3 spiro atoms. The minimum Gasteiger partial charge on any atom is -0.298 e. The molecule has 1 saturated heterocycles. The highest BCUT2D eigenvalue weighted by atomic mass is 16.7. The fourth-order valence-corrected chi connectivity index (χ4v) is 6.32. The van der Waals surface area contributed by atoms with E-state index in [1.54, 1.807) is 11.1 Å². The Bertz CT molecular complexity index is 581. The molecule has 0 radical (unpaired) electrons. The molecular formula is C17H19NO. The monoisotopic (exact) mass is 253 g/mol. The molecule has 1 aromatic rings. The number of nitrogens with zero attached hydrogens (tertiary/aromatic N) is 1. The van der Waals surface area contributed by atoms with Crippen molar-refractivity contribution >= 4 is 0 Å². The van der Waals surface area contributed by atoms with Gasteiger partial charge in [-0.3, -0.25) is 4.84 Å². The first kappa shape index (κ1) is 9.95. The number of hydrogen-bond acceptors (Lipinski definition) is 2. The predicted octanol–water partition coefficient (Wildman–Crippen LogP) is 3.09. The highest BCUT2D eigenvalue weighted by Gasteiger charge is 2.98. The first-order valence-electron chi connectivity index (χ1n) is 7.82. The van der Waals surface area contributed by atoms with Crippen LogP contribution in [0.2, 0.25) is 0 Å². The molecule has 2 nitrogen and oxygen atoms in total. The summed E-state index contributed by atoms with van der Waals surface area (Å²) in [6, 6.07) is 9.69. The van der Waals surface area contributed by atoms with Crippen molar-refractivity contribution in [1.82, 2.24) is 5.06 Å². The first-order valence-corrected chi connectivity index (χ1v) is 7.82. The zero-order valence-electron chi connectivity index (χ0n) is 11.2. The van der Waals surface area contributed by atoms with Crippen molar-refractivity contribution in [2.75, 3.05) is 13.2 Å². The van der Waals surface area contributed by atoms with E-state index in [-0.39, 0.29) is 0 Å². The number of hydrogen-bond donors (Lipinski definition) is 0. The summed E-state index contributed by atoms with van der Waals surface area (Å²) in [6.45, 7) is 2.10. The van der Waals surface area contributed by atoms with Gasteiger partial charge in [-0.05, 0) is 54.1 Å². The molecule has 0 amide bonds. The third-order valence-corrected chi connectivity index (χ3v) is 7.23. The molecule has 2 heteroatoms. The lowest BCUT2D eigenvalue weighted by Crippen LogP contribution is -2.33. The Balaban J connectivity index is 1.57. The van der Waals surface area contributed by atoms with Crippen molar-refractivity contribution in [3.8, 4) is 0 Å². The molecule has 1 aromatic carbocycles. The number of rotatable bonds is 0. The van der Waals surface area contributed by atoms with Crippen LogP contribution in [0.25, 0.3) is 0 Å². The lowest BCUT2D eigenvalue weighted by atomic mass is 9.82. The first-order chi connectivity index (χ1) is 9.35. The summed E-state index contributed by atoms with van der Waals surface area (Å²) in [5.74, 6) is 0. The highest BCUT2D eigenvalue weighted by molar-refractivity contribution is 5.49. The molecule has 4 fully saturated rings. The molecule has 2 heterocycles. The molecule has 3 aliphatic carbocycles. The fourth-order valence-electron chi connectivity index (χ4n) is 6.32. The summed E-state index contributed by atoms with van der Waals surface area (Å²) < 4.78 is 0. The molecule has 98 valence electrons. The topological polar surface area (TPSA) is 12.5 Å². The second-order valence-corrected chi connectivity index (χ2v) is 7.40. The number of hydroxylamine groups is 2. The van der Waals surface area contributed by atoms with Crippen molar-refractivity contribution in [2.24, 2.45) is 16.2 Å². The zero-order valence-corrected chi connectivity index (χ0v) is 11.2. The molecule has 2 aliphatic heterocycles. The van der Waals surface area contributed by atoms with Gasteiger partial charge in [0.05, 0.1) is 12.6 Å². The van der Waals surface area contributed by atoms with Crippen molar-refractivity contribution in [3.63, 3.8) is 0 Å². The van der Waals surface area contributed by atoms with Crippen LogP contribution in [0, 0.1) is 16.2 Å². The average Bonchev–Trinajstić information content (AvgIpc) is 3.37. The molecule has 0 bridgehead atoms. The van der Waals surface area contributed by atoms with Crippen LogP contribution in [0.5, 0.6) is 0 Å². The molecule has 1 unspecified atom stereocenters. The summed E-state index contributed by atoms with van der Waals surface area (Å²) in [5.41, 5.74) is 5.05. The van der Waals surface area contributed by atoms with Crippen LogP contribution in [-0.2, 0) is 11.3 Å². The van der Waals surface area contributed by atoms with Crippen LogP contribution in [-0.4, -0.2) is 18.2 Å². The molecule has 5 aliphatic rings. The largest absolute Gasteiger partial charge is 0.298 e. The van der Waals surface area contributed by atoms with Gasteiger partial charge in [0.25, 0.3) is 0 Å². The van der Waals surface area contributed by atoms with E-state index in [9.17, 15) is 0 Å². The predicted molar refractivity (Wildman–Crippen MR) is 71.3 cm³/mol. The van der Waals surface area contributed by atoms with Gasteiger partial charge in [0.2, 0.25) is 0 Å². The Morgan fingerprint density at radius 1 is 1.05 bits per heavy atom. The van der Waals surface area contributed by atoms with Crippen LogP contribution in [0.3, 0.4) is 0 Å². The van der Waals surface area contributed by atoms with Crippen molar-refractivity contribution in [1.29, 1.82) is 0 Å². The van der Waals surface area contributed by atoms with Crippen LogP contribution >= 0.6 is 0 Å². The van der Waals surface area contributed by atoms with E-state index >= 15 is 0 Å². The molecular weight excluding hydrogens is 234 g/mol. The van der Waals surface area contributed by atoms with Gasteiger partial charge in [0.15, 0.2) is 0 Å². The van der Waals surface area contributed by atoms with E-state index in [4.69, 9.17) is 4.84 Å². The van der Waals surface area contributed by atoms with Crippen LogP contribution in [0.1, 0.15) is 42.9 Å². The zero-order chi connectivity index (χ0) is 12.3. The summed E-state index contributed by atoms with van der Waals surface area (Å²) in [7, 11) is 0. The Hall–Kier alpha value is -0.860. The van der Waals surface area contributed by atoms with Crippen molar-refractivity contribution < 1.29 is 4.84 Å². The van der Waals surface area contributed by atoms with Crippen LogP contribution in [0.4, 0.5) is 0 Å². The minimum absolute atomic E-state index is 0.497. The third kappa shape index (κ3) is 0.799. The highest BCUT2D eigenvalue weighted by Crippen LogP contribution is 3.02. The van der Waals surface area contributed by atoms with Crippen LogP contribution < -0.4 is 0 Å². The van der Waals surface area contributed by atoms with Crippen LogP contribution in [0.15, 0.2) is 24.3 Å². The molecule has 0 N–H and O–H groups in total. The quantitative estimate of drug-likeness (QED) is 0.704.